The highest BCUT2D eigenvalue weighted by molar-refractivity contribution is 6.12. The Morgan fingerprint density at radius 2 is 1.50 bits per heavy atom. The monoisotopic (exact) mass is 351 g/mol. The number of hydrogen-bond donors (Lipinski definition) is 0. The fourth-order valence-corrected chi connectivity index (χ4v) is 3.45. The van der Waals surface area contributed by atoms with Crippen molar-refractivity contribution in [3.63, 3.8) is 0 Å². The van der Waals surface area contributed by atoms with Gasteiger partial charge < -0.3 is 0 Å². The average molecular weight is 351 g/mol. The molecular formula is C22H16F3N. The number of fused-ring (bicyclic) bond motifs is 3. The lowest BCUT2D eigenvalue weighted by Crippen LogP contribution is -2.05. The summed E-state index contributed by atoms with van der Waals surface area (Å²) in [5.41, 5.74) is 3.61. The van der Waals surface area contributed by atoms with Gasteiger partial charge in [0.2, 0.25) is 0 Å². The van der Waals surface area contributed by atoms with Gasteiger partial charge in [-0.25, -0.2) is 4.98 Å². The van der Waals surface area contributed by atoms with Crippen LogP contribution in [0, 0.1) is 13.8 Å². The van der Waals surface area contributed by atoms with Crippen LogP contribution >= 0.6 is 0 Å². The minimum atomic E-state index is -4.39. The minimum absolute atomic E-state index is 0.517. The number of alkyl halides is 3. The van der Waals surface area contributed by atoms with Gasteiger partial charge in [0.25, 0.3) is 0 Å². The molecule has 0 unspecified atom stereocenters. The highest BCUT2D eigenvalue weighted by Crippen LogP contribution is 2.38. The lowest BCUT2D eigenvalue weighted by Gasteiger charge is -2.14. The summed E-state index contributed by atoms with van der Waals surface area (Å²) in [4.78, 5) is 4.77. The molecule has 0 radical (unpaired) electrons. The number of nitrogens with zero attached hydrogens (tertiary/aromatic N) is 1. The van der Waals surface area contributed by atoms with Gasteiger partial charge in [0.05, 0.1) is 16.8 Å². The Morgan fingerprint density at radius 1 is 0.769 bits per heavy atom. The molecule has 0 saturated carbocycles. The molecule has 0 fully saturated rings. The van der Waals surface area contributed by atoms with Crippen molar-refractivity contribution in [1.82, 2.24) is 4.98 Å². The topological polar surface area (TPSA) is 12.9 Å². The number of aryl methyl sites for hydroxylation is 2. The Hall–Kier alpha value is -2.88. The molecule has 0 saturated heterocycles. The predicted octanol–water partition coefficient (Wildman–Crippen LogP) is 6.69. The molecule has 4 rings (SSSR count). The van der Waals surface area contributed by atoms with Crippen molar-refractivity contribution in [2.45, 2.75) is 20.0 Å². The van der Waals surface area contributed by atoms with Gasteiger partial charge in [-0.05, 0) is 43.0 Å². The molecule has 1 aromatic heterocycles. The van der Waals surface area contributed by atoms with E-state index in [9.17, 15) is 13.2 Å². The van der Waals surface area contributed by atoms with Crippen LogP contribution in [0.3, 0.4) is 0 Å². The van der Waals surface area contributed by atoms with E-state index in [4.69, 9.17) is 4.98 Å². The summed E-state index contributed by atoms with van der Waals surface area (Å²) in [6, 6.07) is 17.3. The third-order valence-corrected chi connectivity index (χ3v) is 4.61. The zero-order valence-electron chi connectivity index (χ0n) is 14.4. The van der Waals surface area contributed by atoms with Crippen molar-refractivity contribution in [2.24, 2.45) is 0 Å². The molecule has 1 heterocycles. The number of pyridine rings is 1. The molecule has 4 heteroatoms. The second kappa shape index (κ2) is 5.84. The molecule has 0 aliphatic carbocycles. The van der Waals surface area contributed by atoms with E-state index in [0.29, 0.717) is 11.1 Å². The highest BCUT2D eigenvalue weighted by Gasteiger charge is 2.31. The SMILES string of the molecule is Cc1cc(C)c2nc(-c3ccccc3)c3cc(C(F)(F)F)ccc3c2c1. The molecule has 0 atom stereocenters. The maximum atomic E-state index is 13.3. The van der Waals surface area contributed by atoms with Crippen molar-refractivity contribution in [3.8, 4) is 11.3 Å². The fourth-order valence-electron chi connectivity index (χ4n) is 3.45. The molecule has 4 aromatic rings. The molecule has 0 spiro atoms. The minimum Gasteiger partial charge on any atom is -0.247 e. The second-order valence-electron chi connectivity index (χ2n) is 6.56. The fraction of sp³-hybridized carbons (Fsp3) is 0.136. The van der Waals surface area contributed by atoms with Gasteiger partial charge in [-0.3, -0.25) is 0 Å². The third kappa shape index (κ3) is 2.71. The van der Waals surface area contributed by atoms with Gasteiger partial charge in [0, 0.05) is 16.3 Å². The van der Waals surface area contributed by atoms with Gasteiger partial charge in [-0.1, -0.05) is 48.0 Å². The second-order valence-corrected chi connectivity index (χ2v) is 6.56. The van der Waals surface area contributed by atoms with Crippen molar-refractivity contribution < 1.29 is 13.2 Å². The molecule has 0 amide bonds. The van der Waals surface area contributed by atoms with Crippen LogP contribution in [0.25, 0.3) is 32.9 Å². The summed E-state index contributed by atoms with van der Waals surface area (Å²) in [6.07, 6.45) is -4.39. The molecule has 130 valence electrons. The third-order valence-electron chi connectivity index (χ3n) is 4.61. The van der Waals surface area contributed by atoms with E-state index in [1.165, 1.54) is 6.07 Å². The van der Waals surface area contributed by atoms with Gasteiger partial charge >= 0.3 is 6.18 Å². The Bertz CT molecular complexity index is 1130. The van der Waals surface area contributed by atoms with Crippen LogP contribution < -0.4 is 0 Å². The Labute approximate surface area is 149 Å². The summed E-state index contributed by atoms with van der Waals surface area (Å²) in [7, 11) is 0. The van der Waals surface area contributed by atoms with E-state index in [1.807, 2.05) is 56.3 Å². The first-order valence-electron chi connectivity index (χ1n) is 8.32. The molecule has 3 aromatic carbocycles. The number of halogens is 3. The van der Waals surface area contributed by atoms with Gasteiger partial charge in [-0.15, -0.1) is 0 Å². The highest BCUT2D eigenvalue weighted by atomic mass is 19.4. The van der Waals surface area contributed by atoms with Crippen LogP contribution in [0.4, 0.5) is 13.2 Å². The van der Waals surface area contributed by atoms with E-state index >= 15 is 0 Å². The lowest BCUT2D eigenvalue weighted by atomic mass is 9.96. The van der Waals surface area contributed by atoms with Crippen LogP contribution in [0.15, 0.2) is 60.7 Å². The molecule has 26 heavy (non-hydrogen) atoms. The first kappa shape index (κ1) is 16.6. The molecule has 0 aliphatic heterocycles. The molecule has 0 N–H and O–H groups in total. The normalized spacial score (nSPS) is 12.0. The van der Waals surface area contributed by atoms with Crippen LogP contribution in [0.5, 0.6) is 0 Å². The first-order valence-corrected chi connectivity index (χ1v) is 8.32. The first-order chi connectivity index (χ1) is 12.3. The Kier molecular flexibility index (Phi) is 3.72. The smallest absolute Gasteiger partial charge is 0.247 e. The molecule has 0 bridgehead atoms. The van der Waals surface area contributed by atoms with Gasteiger partial charge in [-0.2, -0.15) is 13.2 Å². The zero-order chi connectivity index (χ0) is 18.5. The van der Waals surface area contributed by atoms with Gasteiger partial charge in [0.15, 0.2) is 0 Å². The van der Waals surface area contributed by atoms with E-state index in [2.05, 4.69) is 0 Å². The number of benzene rings is 3. The summed E-state index contributed by atoms with van der Waals surface area (Å²) in [5.74, 6) is 0. The van der Waals surface area contributed by atoms with Crippen molar-refractivity contribution in [3.05, 3.63) is 77.4 Å². The van der Waals surface area contributed by atoms with Crippen molar-refractivity contribution in [1.29, 1.82) is 0 Å². The summed E-state index contributed by atoms with van der Waals surface area (Å²) in [6.45, 7) is 3.96. The summed E-state index contributed by atoms with van der Waals surface area (Å²) < 4.78 is 39.8. The van der Waals surface area contributed by atoms with Crippen molar-refractivity contribution in [2.75, 3.05) is 0 Å². The zero-order valence-corrected chi connectivity index (χ0v) is 14.4. The van der Waals surface area contributed by atoms with Crippen LogP contribution in [-0.2, 0) is 6.18 Å². The van der Waals surface area contributed by atoms with E-state index in [0.717, 1.165) is 39.0 Å². The maximum Gasteiger partial charge on any atom is 0.416 e. The quantitative estimate of drug-likeness (QED) is 0.348. The van der Waals surface area contributed by atoms with Crippen molar-refractivity contribution >= 4 is 21.7 Å². The van der Waals surface area contributed by atoms with E-state index in [-0.39, 0.29) is 0 Å². The molecular weight excluding hydrogens is 335 g/mol. The van der Waals surface area contributed by atoms with Gasteiger partial charge in [0.1, 0.15) is 0 Å². The van der Waals surface area contributed by atoms with E-state index in [1.54, 1.807) is 6.07 Å². The Balaban J connectivity index is 2.18. The Morgan fingerprint density at radius 3 is 2.19 bits per heavy atom. The summed E-state index contributed by atoms with van der Waals surface area (Å²) in [5, 5.41) is 2.18. The largest absolute Gasteiger partial charge is 0.416 e. The lowest BCUT2D eigenvalue weighted by molar-refractivity contribution is -0.137. The standard InChI is InChI=1S/C22H16F3N/c1-13-10-14(2)20-18(11-13)17-9-8-16(22(23,24)25)12-19(17)21(26-20)15-6-4-3-5-7-15/h3-12H,1-2H3. The molecule has 0 aliphatic rings. The van der Waals surface area contributed by atoms with E-state index < -0.39 is 11.7 Å². The van der Waals surface area contributed by atoms with Crippen LogP contribution in [-0.4, -0.2) is 4.98 Å². The number of aromatic nitrogens is 1. The molecule has 1 nitrogen and oxygen atoms in total. The predicted molar refractivity (Wildman–Crippen MR) is 99.2 cm³/mol. The number of rotatable bonds is 1. The average Bonchev–Trinajstić information content (AvgIpc) is 2.60. The maximum absolute atomic E-state index is 13.3. The van der Waals surface area contributed by atoms with Crippen LogP contribution in [0.2, 0.25) is 0 Å². The van der Waals surface area contributed by atoms with Crippen LogP contribution in [0.1, 0.15) is 16.7 Å². The summed E-state index contributed by atoms with van der Waals surface area (Å²) >= 11 is 0. The number of hydrogen-bond acceptors (Lipinski definition) is 1.